The van der Waals surface area contributed by atoms with Crippen LogP contribution in [0.2, 0.25) is 0 Å². The number of rotatable bonds is 4. The van der Waals surface area contributed by atoms with Gasteiger partial charge in [0.2, 0.25) is 0 Å². The zero-order valence-electron chi connectivity index (χ0n) is 16.4. The Labute approximate surface area is 187 Å². The molecule has 0 saturated heterocycles. The van der Waals surface area contributed by atoms with Crippen LogP contribution in [0, 0.1) is 0 Å². The van der Waals surface area contributed by atoms with E-state index in [4.69, 9.17) is 0 Å². The Balaban J connectivity index is 1.68. The summed E-state index contributed by atoms with van der Waals surface area (Å²) in [5, 5.41) is 6.63. The number of halogens is 1. The molecule has 0 radical (unpaired) electrons. The summed E-state index contributed by atoms with van der Waals surface area (Å²) in [6, 6.07) is 43.8. The van der Waals surface area contributed by atoms with Crippen LogP contribution in [0.5, 0.6) is 0 Å². The second kappa shape index (κ2) is 8.56. The van der Waals surface area contributed by atoms with Gasteiger partial charge in [-0.05, 0) is 57.9 Å². The average Bonchev–Trinajstić information content (AvgIpc) is 2.81. The highest BCUT2D eigenvalue weighted by Crippen LogP contribution is 2.36. The maximum absolute atomic E-state index is 3.71. The largest absolute Gasteiger partial charge is 0.0622 e. The highest BCUT2D eigenvalue weighted by molar-refractivity contribution is 9.10. The third kappa shape index (κ3) is 3.72. The molecular weight excluding hydrogens is 447 g/mol. The lowest BCUT2D eigenvalue weighted by Crippen LogP contribution is -2.20. The monoisotopic (exact) mass is 466 g/mol. The number of benzene rings is 5. The van der Waals surface area contributed by atoms with Gasteiger partial charge in [-0.1, -0.05) is 125 Å². The molecule has 0 nitrogen and oxygen atoms in total. The summed E-state index contributed by atoms with van der Waals surface area (Å²) in [7, 11) is -0.611. The summed E-state index contributed by atoms with van der Waals surface area (Å²) in [5.41, 5.74) is 2.53. The first-order valence-electron chi connectivity index (χ1n) is 9.99. The van der Waals surface area contributed by atoms with E-state index in [0.29, 0.717) is 0 Å². The maximum Gasteiger partial charge on any atom is 0.0254 e. The smallest absolute Gasteiger partial charge is 0.0254 e. The molecule has 5 aromatic carbocycles. The van der Waals surface area contributed by atoms with E-state index >= 15 is 0 Å². The van der Waals surface area contributed by atoms with Crippen molar-refractivity contribution in [1.29, 1.82) is 0 Å². The van der Waals surface area contributed by atoms with Gasteiger partial charge in [-0.15, -0.1) is 0 Å². The van der Waals surface area contributed by atoms with Crippen LogP contribution in [0.3, 0.4) is 0 Å². The van der Waals surface area contributed by atoms with E-state index < -0.39 is 7.92 Å². The molecule has 5 rings (SSSR count). The van der Waals surface area contributed by atoms with E-state index in [9.17, 15) is 0 Å². The Kier molecular flexibility index (Phi) is 5.49. The van der Waals surface area contributed by atoms with Gasteiger partial charge in [-0.2, -0.15) is 0 Å². The number of hydrogen-bond acceptors (Lipinski definition) is 0. The molecule has 0 aromatic heterocycles. The van der Waals surface area contributed by atoms with E-state index in [-0.39, 0.29) is 0 Å². The summed E-state index contributed by atoms with van der Waals surface area (Å²) in [5.74, 6) is 0. The van der Waals surface area contributed by atoms with Crippen LogP contribution in [0.25, 0.3) is 21.9 Å². The van der Waals surface area contributed by atoms with E-state index in [1.807, 2.05) is 0 Å². The SMILES string of the molecule is Brc1ccc(-c2cccc(P(c3ccccc3)c3ccccc3)c2)c2ccccc12. The lowest BCUT2D eigenvalue weighted by molar-refractivity contribution is 1.65. The van der Waals surface area contributed by atoms with Gasteiger partial charge in [0.1, 0.15) is 0 Å². The molecule has 0 saturated carbocycles. The highest BCUT2D eigenvalue weighted by Gasteiger charge is 2.17. The van der Waals surface area contributed by atoms with Crippen molar-refractivity contribution in [2.75, 3.05) is 0 Å². The molecule has 0 N–H and O–H groups in total. The normalized spacial score (nSPS) is 11.1. The average molecular weight is 467 g/mol. The van der Waals surface area contributed by atoms with Crippen molar-refractivity contribution in [2.24, 2.45) is 0 Å². The first-order chi connectivity index (χ1) is 14.8. The van der Waals surface area contributed by atoms with E-state index in [1.54, 1.807) is 0 Å². The zero-order valence-corrected chi connectivity index (χ0v) is 18.9. The van der Waals surface area contributed by atoms with Gasteiger partial charge >= 0.3 is 0 Å². The quantitative estimate of drug-likeness (QED) is 0.249. The van der Waals surface area contributed by atoms with Gasteiger partial charge in [0, 0.05) is 4.47 Å². The molecule has 0 spiro atoms. The van der Waals surface area contributed by atoms with Crippen molar-refractivity contribution in [1.82, 2.24) is 0 Å². The maximum atomic E-state index is 3.71. The van der Waals surface area contributed by atoms with Crippen LogP contribution in [-0.2, 0) is 0 Å². The van der Waals surface area contributed by atoms with Gasteiger partial charge in [-0.25, -0.2) is 0 Å². The minimum atomic E-state index is -0.611. The Morgan fingerprint density at radius 2 is 1.03 bits per heavy atom. The van der Waals surface area contributed by atoms with Crippen molar-refractivity contribution in [2.45, 2.75) is 0 Å². The molecule has 0 bridgehead atoms. The van der Waals surface area contributed by atoms with Crippen LogP contribution in [0.15, 0.2) is 126 Å². The predicted molar refractivity (Wildman–Crippen MR) is 136 cm³/mol. The van der Waals surface area contributed by atoms with Gasteiger partial charge in [0.25, 0.3) is 0 Å². The van der Waals surface area contributed by atoms with Crippen molar-refractivity contribution >= 4 is 50.5 Å². The Hall–Kier alpha value is -2.73. The fourth-order valence-corrected chi connectivity index (χ4v) is 6.74. The fraction of sp³-hybridized carbons (Fsp3) is 0. The molecule has 0 aliphatic rings. The molecule has 144 valence electrons. The minimum absolute atomic E-state index is 0.611. The first kappa shape index (κ1) is 19.2. The van der Waals surface area contributed by atoms with Crippen molar-refractivity contribution in [3.63, 3.8) is 0 Å². The van der Waals surface area contributed by atoms with Crippen LogP contribution in [0.4, 0.5) is 0 Å². The van der Waals surface area contributed by atoms with Gasteiger partial charge in [-0.3, -0.25) is 0 Å². The molecule has 0 aliphatic carbocycles. The Bertz CT molecular complexity index is 1260. The third-order valence-corrected chi connectivity index (χ3v) is 8.43. The molecule has 2 heteroatoms. The third-order valence-electron chi connectivity index (χ3n) is 5.32. The summed E-state index contributed by atoms with van der Waals surface area (Å²) in [4.78, 5) is 0. The summed E-state index contributed by atoms with van der Waals surface area (Å²) >= 11 is 3.71. The van der Waals surface area contributed by atoms with E-state index in [1.165, 1.54) is 37.8 Å². The molecule has 0 unspecified atom stereocenters. The zero-order chi connectivity index (χ0) is 20.3. The molecule has 0 fully saturated rings. The number of fused-ring (bicyclic) bond motifs is 1. The summed E-state index contributed by atoms with van der Waals surface area (Å²) in [6.07, 6.45) is 0. The lowest BCUT2D eigenvalue weighted by atomic mass is 9.98. The molecule has 0 amide bonds. The molecule has 0 heterocycles. The second-order valence-corrected chi connectivity index (χ2v) is 10.3. The van der Waals surface area contributed by atoms with Crippen LogP contribution >= 0.6 is 23.9 Å². The van der Waals surface area contributed by atoms with Crippen LogP contribution < -0.4 is 15.9 Å². The summed E-state index contributed by atoms with van der Waals surface area (Å²) in [6.45, 7) is 0. The van der Waals surface area contributed by atoms with Crippen molar-refractivity contribution in [3.8, 4) is 11.1 Å². The van der Waals surface area contributed by atoms with E-state index in [0.717, 1.165) is 4.47 Å². The Morgan fingerprint density at radius 3 is 1.70 bits per heavy atom. The Morgan fingerprint density at radius 1 is 0.467 bits per heavy atom. The minimum Gasteiger partial charge on any atom is -0.0622 e. The second-order valence-electron chi connectivity index (χ2n) is 7.20. The number of hydrogen-bond donors (Lipinski definition) is 0. The van der Waals surface area contributed by atoms with E-state index in [2.05, 4.69) is 137 Å². The topological polar surface area (TPSA) is 0 Å². The van der Waals surface area contributed by atoms with Crippen molar-refractivity contribution in [3.05, 3.63) is 126 Å². The molecular formula is C28H20BrP. The molecule has 5 aromatic rings. The van der Waals surface area contributed by atoms with Crippen molar-refractivity contribution < 1.29 is 0 Å². The van der Waals surface area contributed by atoms with Gasteiger partial charge < -0.3 is 0 Å². The molecule has 0 aliphatic heterocycles. The standard InChI is InChI=1S/C28H20BrP/c29-28-19-18-25(26-16-7-8-17-27(26)28)21-10-9-15-24(20-21)30(22-11-3-1-4-12-22)23-13-5-2-6-14-23/h1-20H. The van der Waals surface area contributed by atoms with Gasteiger partial charge in [0.05, 0.1) is 0 Å². The molecule has 30 heavy (non-hydrogen) atoms. The fourth-order valence-electron chi connectivity index (χ4n) is 3.93. The van der Waals surface area contributed by atoms with Crippen LogP contribution in [-0.4, -0.2) is 0 Å². The molecule has 0 atom stereocenters. The highest BCUT2D eigenvalue weighted by atomic mass is 79.9. The lowest BCUT2D eigenvalue weighted by Gasteiger charge is -2.20. The summed E-state index contributed by atoms with van der Waals surface area (Å²) < 4.78 is 1.13. The predicted octanol–water partition coefficient (Wildman–Crippen LogP) is 7.03. The first-order valence-corrected chi connectivity index (χ1v) is 12.1. The van der Waals surface area contributed by atoms with Crippen LogP contribution in [0.1, 0.15) is 0 Å². The van der Waals surface area contributed by atoms with Gasteiger partial charge in [0.15, 0.2) is 0 Å².